The van der Waals surface area contributed by atoms with Crippen LogP contribution in [0.25, 0.3) is 0 Å². The molecule has 21 heavy (non-hydrogen) atoms. The third-order valence-corrected chi connectivity index (χ3v) is 4.69. The quantitative estimate of drug-likeness (QED) is 0.733. The van der Waals surface area contributed by atoms with Crippen molar-refractivity contribution in [2.45, 2.75) is 32.6 Å². The third kappa shape index (κ3) is 1.88. The van der Waals surface area contributed by atoms with Gasteiger partial charge in [-0.05, 0) is 18.1 Å². The van der Waals surface area contributed by atoms with E-state index in [0.717, 1.165) is 17.7 Å². The number of carbonyl (C=O) groups is 2. The number of amides is 2. The van der Waals surface area contributed by atoms with Crippen LogP contribution in [-0.2, 0) is 15.0 Å². The van der Waals surface area contributed by atoms with Crippen LogP contribution in [-0.4, -0.2) is 36.9 Å². The second-order valence-corrected chi connectivity index (χ2v) is 7.19. The summed E-state index contributed by atoms with van der Waals surface area (Å²) in [5.74, 6) is 0.243. The summed E-state index contributed by atoms with van der Waals surface area (Å²) in [7, 11) is 1.82. The smallest absolute Gasteiger partial charge is 0.239 e. The van der Waals surface area contributed by atoms with Crippen molar-refractivity contribution in [3.63, 3.8) is 0 Å². The maximum Gasteiger partial charge on any atom is 0.239 e. The van der Waals surface area contributed by atoms with Gasteiger partial charge in [-0.1, -0.05) is 39.0 Å². The predicted octanol–water partition coefficient (Wildman–Crippen LogP) is 2.18. The highest BCUT2D eigenvalue weighted by atomic mass is 16.2. The monoisotopic (exact) mass is 286 g/mol. The average molecular weight is 286 g/mol. The van der Waals surface area contributed by atoms with Gasteiger partial charge in [0.15, 0.2) is 0 Å². The highest BCUT2D eigenvalue weighted by Gasteiger charge is 2.54. The van der Waals surface area contributed by atoms with Crippen molar-refractivity contribution in [2.75, 3.05) is 25.0 Å². The van der Waals surface area contributed by atoms with E-state index in [1.54, 1.807) is 4.90 Å². The molecule has 1 unspecified atom stereocenters. The van der Waals surface area contributed by atoms with Gasteiger partial charge in [-0.25, -0.2) is 0 Å². The van der Waals surface area contributed by atoms with Crippen molar-refractivity contribution >= 4 is 17.5 Å². The molecule has 4 nitrogen and oxygen atoms in total. The molecule has 1 aromatic rings. The second-order valence-electron chi connectivity index (χ2n) is 7.19. The topological polar surface area (TPSA) is 40.6 Å². The fraction of sp³-hybridized carbons (Fsp3) is 0.529. The minimum absolute atomic E-state index is 0.118. The van der Waals surface area contributed by atoms with Crippen LogP contribution in [0.15, 0.2) is 24.3 Å². The van der Waals surface area contributed by atoms with Gasteiger partial charge in [0.2, 0.25) is 11.8 Å². The second kappa shape index (κ2) is 4.33. The summed E-state index contributed by atoms with van der Waals surface area (Å²) in [4.78, 5) is 28.9. The van der Waals surface area contributed by atoms with E-state index < -0.39 is 10.8 Å². The maximum atomic E-state index is 12.8. The summed E-state index contributed by atoms with van der Waals surface area (Å²) in [6.45, 7) is 6.94. The van der Waals surface area contributed by atoms with Gasteiger partial charge >= 0.3 is 0 Å². The highest BCUT2D eigenvalue weighted by molar-refractivity contribution is 6.08. The number of nitrogens with zero attached hydrogens (tertiary/aromatic N) is 2. The molecule has 2 heterocycles. The van der Waals surface area contributed by atoms with Crippen LogP contribution in [0.3, 0.4) is 0 Å². The number of rotatable bonds is 0. The summed E-state index contributed by atoms with van der Waals surface area (Å²) < 4.78 is 0. The SMILES string of the molecule is CN1C(=O)C2(CCN(C(=O)C(C)(C)C)C2)c2ccccc21. The lowest BCUT2D eigenvalue weighted by molar-refractivity contribution is -0.138. The zero-order valence-electron chi connectivity index (χ0n) is 13.1. The molecule has 0 N–H and O–H groups in total. The van der Waals surface area contributed by atoms with Gasteiger partial charge in [0.1, 0.15) is 0 Å². The number of carbonyl (C=O) groups excluding carboxylic acids is 2. The van der Waals surface area contributed by atoms with Crippen molar-refractivity contribution in [1.82, 2.24) is 4.90 Å². The van der Waals surface area contributed by atoms with Gasteiger partial charge in [0, 0.05) is 31.2 Å². The molecule has 3 rings (SSSR count). The number of likely N-dealkylation sites (tertiary alicyclic amines) is 1. The summed E-state index contributed by atoms with van der Waals surface area (Å²) in [6, 6.07) is 7.94. The van der Waals surface area contributed by atoms with Gasteiger partial charge in [-0.15, -0.1) is 0 Å². The molecule has 2 amide bonds. The molecule has 0 saturated carbocycles. The van der Waals surface area contributed by atoms with Crippen molar-refractivity contribution in [1.29, 1.82) is 0 Å². The van der Waals surface area contributed by atoms with Gasteiger partial charge < -0.3 is 9.80 Å². The first-order chi connectivity index (χ1) is 9.77. The molecule has 1 spiro atoms. The summed E-state index contributed by atoms with van der Waals surface area (Å²) in [5, 5.41) is 0. The Balaban J connectivity index is 1.98. The Labute approximate surface area is 125 Å². The van der Waals surface area contributed by atoms with E-state index in [1.165, 1.54) is 0 Å². The zero-order chi connectivity index (χ0) is 15.4. The first kappa shape index (κ1) is 14.1. The zero-order valence-corrected chi connectivity index (χ0v) is 13.1. The minimum Gasteiger partial charge on any atom is -0.341 e. The van der Waals surface area contributed by atoms with Crippen LogP contribution in [0.2, 0.25) is 0 Å². The first-order valence-corrected chi connectivity index (χ1v) is 7.44. The van der Waals surface area contributed by atoms with E-state index in [2.05, 4.69) is 0 Å². The molecule has 2 aliphatic rings. The molecule has 0 aliphatic carbocycles. The van der Waals surface area contributed by atoms with Crippen molar-refractivity contribution in [3.8, 4) is 0 Å². The van der Waals surface area contributed by atoms with Crippen LogP contribution < -0.4 is 4.90 Å². The third-order valence-electron chi connectivity index (χ3n) is 4.69. The molecule has 0 radical (unpaired) electrons. The standard InChI is InChI=1S/C17H22N2O2/c1-16(2,3)14(20)19-10-9-17(11-19)12-7-5-6-8-13(12)18(4)15(17)21/h5-8H,9-11H2,1-4H3. The van der Waals surface area contributed by atoms with Crippen LogP contribution in [0.1, 0.15) is 32.8 Å². The summed E-state index contributed by atoms with van der Waals surface area (Å²) in [5.41, 5.74) is 1.11. The molecule has 1 saturated heterocycles. The van der Waals surface area contributed by atoms with Crippen LogP contribution in [0, 0.1) is 5.41 Å². The number of likely N-dealkylation sites (N-methyl/N-ethyl adjacent to an activating group) is 1. The Morgan fingerprint density at radius 1 is 1.24 bits per heavy atom. The number of hydrogen-bond acceptors (Lipinski definition) is 2. The summed E-state index contributed by atoms with van der Waals surface area (Å²) in [6.07, 6.45) is 0.717. The van der Waals surface area contributed by atoms with Crippen molar-refractivity contribution < 1.29 is 9.59 Å². The molecule has 1 fully saturated rings. The largest absolute Gasteiger partial charge is 0.341 e. The Bertz CT molecular complexity index is 617. The molecular weight excluding hydrogens is 264 g/mol. The van der Waals surface area contributed by atoms with E-state index in [4.69, 9.17) is 0 Å². The Kier molecular flexibility index (Phi) is 2.91. The first-order valence-electron chi connectivity index (χ1n) is 7.44. The molecule has 0 aromatic heterocycles. The van der Waals surface area contributed by atoms with Gasteiger partial charge in [0.25, 0.3) is 0 Å². The Hall–Kier alpha value is -1.84. The van der Waals surface area contributed by atoms with E-state index in [9.17, 15) is 9.59 Å². The number of hydrogen-bond donors (Lipinski definition) is 0. The van der Waals surface area contributed by atoms with Crippen LogP contribution in [0.5, 0.6) is 0 Å². The van der Waals surface area contributed by atoms with E-state index in [0.29, 0.717) is 13.1 Å². The Morgan fingerprint density at radius 2 is 1.90 bits per heavy atom. The lowest BCUT2D eigenvalue weighted by Crippen LogP contribution is -2.44. The minimum atomic E-state index is -0.535. The van der Waals surface area contributed by atoms with Crippen LogP contribution in [0.4, 0.5) is 5.69 Å². The van der Waals surface area contributed by atoms with E-state index in [-0.39, 0.29) is 11.8 Å². The molecular formula is C17H22N2O2. The molecule has 0 bridgehead atoms. The maximum absolute atomic E-state index is 12.8. The lowest BCUT2D eigenvalue weighted by Gasteiger charge is -2.28. The highest BCUT2D eigenvalue weighted by Crippen LogP contribution is 2.47. The van der Waals surface area contributed by atoms with Crippen LogP contribution >= 0.6 is 0 Å². The number of anilines is 1. The van der Waals surface area contributed by atoms with Gasteiger partial charge in [-0.3, -0.25) is 9.59 Å². The predicted molar refractivity (Wildman–Crippen MR) is 82.2 cm³/mol. The van der Waals surface area contributed by atoms with E-state index in [1.807, 2.05) is 57.0 Å². The van der Waals surface area contributed by atoms with Crippen molar-refractivity contribution in [3.05, 3.63) is 29.8 Å². The van der Waals surface area contributed by atoms with Gasteiger partial charge in [-0.2, -0.15) is 0 Å². The molecule has 2 aliphatic heterocycles. The summed E-state index contributed by atoms with van der Waals surface area (Å²) >= 11 is 0. The van der Waals surface area contributed by atoms with Gasteiger partial charge in [0.05, 0.1) is 5.41 Å². The van der Waals surface area contributed by atoms with Crippen molar-refractivity contribution in [2.24, 2.45) is 5.41 Å². The Morgan fingerprint density at radius 3 is 2.57 bits per heavy atom. The molecule has 4 heteroatoms. The average Bonchev–Trinajstić information content (AvgIpc) is 2.97. The number of para-hydroxylation sites is 1. The lowest BCUT2D eigenvalue weighted by atomic mass is 9.81. The molecule has 1 aromatic carbocycles. The number of fused-ring (bicyclic) bond motifs is 2. The number of benzene rings is 1. The fourth-order valence-electron chi connectivity index (χ4n) is 3.57. The molecule has 112 valence electrons. The fourth-order valence-corrected chi connectivity index (χ4v) is 3.57. The normalized spacial score (nSPS) is 24.9. The van der Waals surface area contributed by atoms with E-state index >= 15 is 0 Å². The molecule has 1 atom stereocenters.